The second-order valence-electron chi connectivity index (χ2n) is 9.74. The second-order valence-corrected chi connectivity index (χ2v) is 9.74. The summed E-state index contributed by atoms with van der Waals surface area (Å²) in [5, 5.41) is 1.16. The molecule has 0 unspecified atom stereocenters. The first-order chi connectivity index (χ1) is 16.2. The zero-order valence-corrected chi connectivity index (χ0v) is 19.9. The van der Waals surface area contributed by atoms with E-state index in [0.29, 0.717) is 5.92 Å². The quantitative estimate of drug-likeness (QED) is 0.710. The Morgan fingerprint density at radius 1 is 0.939 bits per heavy atom. The van der Waals surface area contributed by atoms with Gasteiger partial charge in [0, 0.05) is 63.9 Å². The van der Waals surface area contributed by atoms with E-state index in [1.807, 2.05) is 17.2 Å². The topological polar surface area (TPSA) is 52.2 Å². The van der Waals surface area contributed by atoms with E-state index in [2.05, 4.69) is 37.9 Å². The summed E-state index contributed by atoms with van der Waals surface area (Å²) in [6.07, 6.45) is 7.58. The lowest BCUT2D eigenvalue weighted by Gasteiger charge is -2.36. The summed E-state index contributed by atoms with van der Waals surface area (Å²) in [6, 6.07) is 8.55. The summed E-state index contributed by atoms with van der Waals surface area (Å²) in [5.41, 5.74) is 2.16. The molecule has 1 aromatic heterocycles. The maximum Gasteiger partial charge on any atom is 0.319 e. The van der Waals surface area contributed by atoms with Gasteiger partial charge in [-0.1, -0.05) is 6.07 Å². The monoisotopic (exact) mass is 451 g/mol. The fraction of sp³-hybridized carbons (Fsp3) is 0.615. The van der Waals surface area contributed by atoms with Crippen molar-refractivity contribution in [1.29, 1.82) is 0 Å². The number of carbonyl (C=O) groups is 1. The minimum atomic E-state index is 0.272. The first-order valence-electron chi connectivity index (χ1n) is 12.7. The molecule has 4 heterocycles. The Hall–Kier alpha value is -2.54. The molecule has 3 saturated heterocycles. The Morgan fingerprint density at radius 3 is 2.52 bits per heavy atom. The highest BCUT2D eigenvalue weighted by atomic mass is 16.5. The number of nitrogens with zero attached hydrogens (tertiary/aromatic N) is 5. The molecule has 2 aromatic rings. The predicted molar refractivity (Wildman–Crippen MR) is 132 cm³/mol. The van der Waals surface area contributed by atoms with E-state index in [1.54, 1.807) is 7.11 Å². The van der Waals surface area contributed by atoms with Gasteiger partial charge >= 0.3 is 6.03 Å². The van der Waals surface area contributed by atoms with Gasteiger partial charge in [0.25, 0.3) is 0 Å². The van der Waals surface area contributed by atoms with E-state index < -0.39 is 0 Å². The number of amides is 2. The third kappa shape index (κ3) is 4.88. The Morgan fingerprint density at radius 2 is 1.73 bits per heavy atom. The van der Waals surface area contributed by atoms with Crippen molar-refractivity contribution in [3.63, 3.8) is 0 Å². The number of anilines is 1. The number of hydrogen-bond donors (Lipinski definition) is 0. The standard InChI is InChI=1S/C26H37N5O2/c1-33-23-8-7-22-6-4-11-27-24(22)25(23)29-15-5-12-28(18-19-29)20-21-9-16-31(17-10-21)26(32)30-13-2-3-14-30/h4,6-8,11,21H,2-3,5,9-10,12-20H2,1H3. The fourth-order valence-electron chi connectivity index (χ4n) is 5.74. The average molecular weight is 452 g/mol. The molecule has 0 N–H and O–H groups in total. The van der Waals surface area contributed by atoms with Gasteiger partial charge in [-0.2, -0.15) is 0 Å². The van der Waals surface area contributed by atoms with Crippen LogP contribution >= 0.6 is 0 Å². The average Bonchev–Trinajstić information content (AvgIpc) is 3.31. The molecule has 7 nitrogen and oxygen atoms in total. The Bertz CT molecular complexity index is 953. The number of rotatable bonds is 4. The van der Waals surface area contributed by atoms with Crippen molar-refractivity contribution in [3.05, 3.63) is 30.5 Å². The summed E-state index contributed by atoms with van der Waals surface area (Å²) in [4.78, 5) is 26.6. The Balaban J connectivity index is 1.17. The van der Waals surface area contributed by atoms with E-state index in [-0.39, 0.29) is 6.03 Å². The van der Waals surface area contributed by atoms with Crippen LogP contribution in [0.3, 0.4) is 0 Å². The van der Waals surface area contributed by atoms with Gasteiger partial charge in [-0.3, -0.25) is 4.98 Å². The highest BCUT2D eigenvalue weighted by molar-refractivity contribution is 5.94. The first kappa shape index (κ1) is 22.3. The number of ether oxygens (including phenoxy) is 1. The molecule has 5 rings (SSSR count). The van der Waals surface area contributed by atoms with Gasteiger partial charge in [0.2, 0.25) is 0 Å². The smallest absolute Gasteiger partial charge is 0.319 e. The van der Waals surface area contributed by atoms with Crippen LogP contribution in [0.25, 0.3) is 10.9 Å². The summed E-state index contributed by atoms with van der Waals surface area (Å²) >= 11 is 0. The molecule has 178 valence electrons. The van der Waals surface area contributed by atoms with Crippen molar-refractivity contribution in [2.24, 2.45) is 5.92 Å². The second kappa shape index (κ2) is 10.2. The van der Waals surface area contributed by atoms with Crippen LogP contribution in [0.2, 0.25) is 0 Å². The molecule has 3 aliphatic heterocycles. The molecule has 0 spiro atoms. The number of methoxy groups -OCH3 is 1. The molecular weight excluding hydrogens is 414 g/mol. The SMILES string of the molecule is COc1ccc2cccnc2c1N1CCCN(CC2CCN(C(=O)N3CCCC3)CC2)CC1. The van der Waals surface area contributed by atoms with Crippen LogP contribution in [0.1, 0.15) is 32.1 Å². The number of carbonyl (C=O) groups excluding carboxylic acids is 1. The van der Waals surface area contributed by atoms with Gasteiger partial charge in [-0.05, 0) is 62.8 Å². The van der Waals surface area contributed by atoms with Gasteiger partial charge in [-0.25, -0.2) is 4.79 Å². The van der Waals surface area contributed by atoms with E-state index in [4.69, 9.17) is 4.74 Å². The molecule has 3 fully saturated rings. The van der Waals surface area contributed by atoms with E-state index in [0.717, 1.165) is 113 Å². The molecular formula is C26H37N5O2. The number of benzene rings is 1. The van der Waals surface area contributed by atoms with E-state index in [1.165, 1.54) is 0 Å². The highest BCUT2D eigenvalue weighted by Gasteiger charge is 2.29. The third-order valence-electron chi connectivity index (χ3n) is 7.61. The Labute approximate surface area is 197 Å². The van der Waals surface area contributed by atoms with Gasteiger partial charge in [-0.15, -0.1) is 0 Å². The number of fused-ring (bicyclic) bond motifs is 1. The van der Waals surface area contributed by atoms with E-state index in [9.17, 15) is 4.79 Å². The molecule has 0 aliphatic carbocycles. The summed E-state index contributed by atoms with van der Waals surface area (Å²) in [6.45, 7) is 9.05. The zero-order valence-electron chi connectivity index (χ0n) is 19.9. The lowest BCUT2D eigenvalue weighted by Crippen LogP contribution is -2.47. The highest BCUT2D eigenvalue weighted by Crippen LogP contribution is 2.35. The van der Waals surface area contributed by atoms with Crippen molar-refractivity contribution in [1.82, 2.24) is 19.7 Å². The van der Waals surface area contributed by atoms with Crippen LogP contribution in [-0.4, -0.2) is 91.7 Å². The molecule has 2 amide bonds. The van der Waals surface area contributed by atoms with Crippen LogP contribution in [0.15, 0.2) is 30.5 Å². The minimum absolute atomic E-state index is 0.272. The normalized spacial score (nSPS) is 20.9. The van der Waals surface area contributed by atoms with Crippen LogP contribution in [0, 0.1) is 5.92 Å². The summed E-state index contributed by atoms with van der Waals surface area (Å²) < 4.78 is 5.73. The molecule has 33 heavy (non-hydrogen) atoms. The minimum Gasteiger partial charge on any atom is -0.494 e. The van der Waals surface area contributed by atoms with Crippen molar-refractivity contribution >= 4 is 22.6 Å². The van der Waals surface area contributed by atoms with Crippen molar-refractivity contribution in [2.75, 3.05) is 70.9 Å². The first-order valence-corrected chi connectivity index (χ1v) is 12.7. The third-order valence-corrected chi connectivity index (χ3v) is 7.61. The Kier molecular flexibility index (Phi) is 6.85. The van der Waals surface area contributed by atoms with Crippen LogP contribution in [0.4, 0.5) is 10.5 Å². The number of piperidine rings is 1. The number of aromatic nitrogens is 1. The predicted octanol–water partition coefficient (Wildman–Crippen LogP) is 3.68. The van der Waals surface area contributed by atoms with Gasteiger partial charge in [0.15, 0.2) is 0 Å². The molecule has 1 aromatic carbocycles. The molecule has 0 bridgehead atoms. The van der Waals surface area contributed by atoms with Gasteiger partial charge in [0.1, 0.15) is 11.4 Å². The molecule has 0 radical (unpaired) electrons. The van der Waals surface area contributed by atoms with Crippen LogP contribution in [0.5, 0.6) is 5.75 Å². The number of pyridine rings is 1. The van der Waals surface area contributed by atoms with Crippen LogP contribution < -0.4 is 9.64 Å². The van der Waals surface area contributed by atoms with Crippen LogP contribution in [-0.2, 0) is 0 Å². The zero-order chi connectivity index (χ0) is 22.6. The lowest BCUT2D eigenvalue weighted by atomic mass is 9.96. The maximum absolute atomic E-state index is 12.7. The number of urea groups is 1. The molecule has 7 heteroatoms. The summed E-state index contributed by atoms with van der Waals surface area (Å²) in [5.74, 6) is 1.60. The summed E-state index contributed by atoms with van der Waals surface area (Å²) in [7, 11) is 1.75. The van der Waals surface area contributed by atoms with Gasteiger partial charge in [0.05, 0.1) is 12.6 Å². The maximum atomic E-state index is 12.7. The fourth-order valence-corrected chi connectivity index (χ4v) is 5.74. The molecule has 3 aliphatic rings. The largest absolute Gasteiger partial charge is 0.494 e. The van der Waals surface area contributed by atoms with Gasteiger partial charge < -0.3 is 24.3 Å². The number of likely N-dealkylation sites (tertiary alicyclic amines) is 2. The molecule has 0 saturated carbocycles. The van der Waals surface area contributed by atoms with E-state index >= 15 is 0 Å². The van der Waals surface area contributed by atoms with Crippen molar-refractivity contribution in [3.8, 4) is 5.75 Å². The lowest BCUT2D eigenvalue weighted by molar-refractivity contribution is 0.127. The van der Waals surface area contributed by atoms with Crippen molar-refractivity contribution < 1.29 is 9.53 Å². The van der Waals surface area contributed by atoms with Crippen molar-refractivity contribution in [2.45, 2.75) is 32.1 Å². The number of hydrogen-bond acceptors (Lipinski definition) is 5. The molecule has 0 atom stereocenters.